The zero-order chi connectivity index (χ0) is 37.9. The third kappa shape index (κ3) is 15.1. The van der Waals surface area contributed by atoms with Crippen LogP contribution in [0.3, 0.4) is 0 Å². The third-order valence-corrected chi connectivity index (χ3v) is 24.7. The number of carbonyl (C=O) groups is 1. The Kier molecular flexibility index (Phi) is 17.7. The van der Waals surface area contributed by atoms with Crippen LogP contribution < -0.4 is 0 Å². The molecular formula is C41H76O5Si3. The van der Waals surface area contributed by atoms with E-state index in [1.165, 1.54) is 26.4 Å². The van der Waals surface area contributed by atoms with Gasteiger partial charge in [0.15, 0.2) is 25.0 Å². The normalized spacial score (nSPS) is 15.9. The van der Waals surface area contributed by atoms with Gasteiger partial charge in [-0.05, 0) is 84.8 Å². The number of carbonyl (C=O) groups excluding carboxylic acids is 1. The molecule has 5 nitrogen and oxygen atoms in total. The smallest absolute Gasteiger partial charge is 0.305 e. The van der Waals surface area contributed by atoms with E-state index < -0.39 is 25.0 Å². The molecule has 0 amide bonds. The van der Waals surface area contributed by atoms with Crippen molar-refractivity contribution in [1.82, 2.24) is 0 Å². The van der Waals surface area contributed by atoms with Gasteiger partial charge in [-0.1, -0.05) is 137 Å². The largest absolute Gasteiger partial charge is 0.469 e. The van der Waals surface area contributed by atoms with E-state index in [1.807, 2.05) is 0 Å². The summed E-state index contributed by atoms with van der Waals surface area (Å²) in [6.07, 6.45) is 15.1. The van der Waals surface area contributed by atoms with Gasteiger partial charge in [-0.25, -0.2) is 0 Å². The average molecular weight is 733 g/mol. The van der Waals surface area contributed by atoms with E-state index in [-0.39, 0.29) is 39.4 Å². The fourth-order valence-electron chi connectivity index (χ4n) is 4.72. The average Bonchev–Trinajstić information content (AvgIpc) is 2.95. The minimum atomic E-state index is -2.19. The van der Waals surface area contributed by atoms with Gasteiger partial charge in [0.05, 0.1) is 25.4 Å². The van der Waals surface area contributed by atoms with Crippen LogP contribution in [0.5, 0.6) is 0 Å². The monoisotopic (exact) mass is 733 g/mol. The van der Waals surface area contributed by atoms with Crippen molar-refractivity contribution < 1.29 is 22.8 Å². The van der Waals surface area contributed by atoms with Gasteiger partial charge < -0.3 is 18.0 Å². The summed E-state index contributed by atoms with van der Waals surface area (Å²) in [5.74, 6) is -0.185. The summed E-state index contributed by atoms with van der Waals surface area (Å²) in [5.41, 5.74) is 2.31. The zero-order valence-corrected chi connectivity index (χ0v) is 37.8. The van der Waals surface area contributed by atoms with Crippen molar-refractivity contribution in [3.8, 4) is 0 Å². The van der Waals surface area contributed by atoms with Crippen LogP contribution in [0.1, 0.15) is 125 Å². The summed E-state index contributed by atoms with van der Waals surface area (Å²) in [6, 6.07) is 8.58. The first-order valence-electron chi connectivity index (χ1n) is 18.8. The first kappa shape index (κ1) is 45.7. The molecule has 0 radical (unpaired) electrons. The molecule has 1 rings (SSSR count). The molecule has 1 aromatic rings. The predicted molar refractivity (Wildman–Crippen MR) is 221 cm³/mol. The van der Waals surface area contributed by atoms with Gasteiger partial charge >= 0.3 is 5.97 Å². The molecule has 0 bridgehead atoms. The summed E-state index contributed by atoms with van der Waals surface area (Å²) in [6.45, 7) is 36.8. The fourth-order valence-corrected chi connectivity index (χ4v) is 8.65. The quantitative estimate of drug-likeness (QED) is 0.0805. The zero-order valence-electron chi connectivity index (χ0n) is 34.8. The van der Waals surface area contributed by atoms with Gasteiger partial charge in [0.1, 0.15) is 0 Å². The number of methoxy groups -OCH3 is 1. The van der Waals surface area contributed by atoms with Crippen LogP contribution in [-0.2, 0) is 22.8 Å². The second kappa shape index (κ2) is 19.0. The predicted octanol–water partition coefficient (Wildman–Crippen LogP) is 12.8. The van der Waals surface area contributed by atoms with Crippen LogP contribution in [0.4, 0.5) is 0 Å². The van der Waals surface area contributed by atoms with Gasteiger partial charge in [0.25, 0.3) is 0 Å². The molecule has 0 aliphatic carbocycles. The lowest BCUT2D eigenvalue weighted by Gasteiger charge is -2.44. The van der Waals surface area contributed by atoms with E-state index in [9.17, 15) is 4.79 Å². The molecule has 8 heteroatoms. The van der Waals surface area contributed by atoms with Crippen molar-refractivity contribution in [2.75, 3.05) is 7.11 Å². The molecule has 0 spiro atoms. The molecule has 0 N–H and O–H groups in total. The maximum atomic E-state index is 12.1. The van der Waals surface area contributed by atoms with Crippen molar-refractivity contribution in [2.24, 2.45) is 0 Å². The maximum Gasteiger partial charge on any atom is 0.305 e. The van der Waals surface area contributed by atoms with E-state index in [0.717, 1.165) is 24.0 Å². The highest BCUT2D eigenvalue weighted by atomic mass is 28.4. The summed E-state index contributed by atoms with van der Waals surface area (Å²) in [4.78, 5) is 12.1. The lowest BCUT2D eigenvalue weighted by molar-refractivity contribution is -0.140. The number of esters is 1. The Hall–Kier alpha value is -1.30. The van der Waals surface area contributed by atoms with E-state index >= 15 is 0 Å². The van der Waals surface area contributed by atoms with Crippen molar-refractivity contribution >= 4 is 43.1 Å². The van der Waals surface area contributed by atoms with E-state index in [2.05, 4.69) is 157 Å². The summed E-state index contributed by atoms with van der Waals surface area (Å²) in [5, 5.41) is 0.226. The Morgan fingerprint density at radius 1 is 0.673 bits per heavy atom. The Bertz CT molecular complexity index is 1200. The van der Waals surface area contributed by atoms with Crippen molar-refractivity contribution in [2.45, 2.75) is 187 Å². The summed E-state index contributed by atoms with van der Waals surface area (Å²) >= 11 is 0. The van der Waals surface area contributed by atoms with Crippen molar-refractivity contribution in [3.63, 3.8) is 0 Å². The lowest BCUT2D eigenvalue weighted by atomic mass is 10.0. The van der Waals surface area contributed by atoms with Gasteiger partial charge in [0, 0.05) is 6.42 Å². The summed E-state index contributed by atoms with van der Waals surface area (Å²) < 4.78 is 26.3. The molecule has 0 saturated heterocycles. The van der Waals surface area contributed by atoms with Crippen LogP contribution in [0.15, 0.2) is 36.4 Å². The number of ether oxygens (including phenoxy) is 1. The Balaban J connectivity index is 3.65. The molecule has 0 saturated carbocycles. The molecule has 0 aromatic heterocycles. The molecule has 1 aromatic carbocycles. The molecule has 0 aliphatic rings. The van der Waals surface area contributed by atoms with E-state index in [4.69, 9.17) is 18.0 Å². The van der Waals surface area contributed by atoms with Gasteiger partial charge in [0.2, 0.25) is 0 Å². The molecule has 0 aliphatic heterocycles. The molecule has 3 atom stereocenters. The highest BCUT2D eigenvalue weighted by Crippen LogP contribution is 2.42. The Morgan fingerprint density at radius 2 is 1.14 bits per heavy atom. The number of hydrogen-bond acceptors (Lipinski definition) is 5. The molecule has 0 fully saturated rings. The highest BCUT2D eigenvalue weighted by molar-refractivity contribution is 6.75. The van der Waals surface area contributed by atoms with Crippen LogP contribution in [0, 0.1) is 0 Å². The van der Waals surface area contributed by atoms with E-state index in [1.54, 1.807) is 0 Å². The van der Waals surface area contributed by atoms with Crippen LogP contribution in [0.2, 0.25) is 54.4 Å². The summed E-state index contributed by atoms with van der Waals surface area (Å²) in [7, 11) is -4.83. The molecular weight excluding hydrogens is 657 g/mol. The van der Waals surface area contributed by atoms with Crippen LogP contribution in [-0.4, -0.2) is 56.3 Å². The molecule has 49 heavy (non-hydrogen) atoms. The SMILES string of the molecule is CCCCC[C@H](C=Cc1ccccc1C=C[C@@H](O[Si](C)(C)C(C)(C)C)[C@H](CCCC(=O)OC)O[Si](C)(C)C(C)(C)C)O[Si](C)(C)C(C)(C)C. The van der Waals surface area contributed by atoms with Gasteiger partial charge in [-0.3, -0.25) is 4.79 Å². The standard InChI is InChI=1S/C41H76O5Si3/c1-18-19-20-26-35(44-47(12,13)39(2,3)4)31-29-33-24-21-22-25-34(33)30-32-37(46-49(16,17)41(8,9)10)36(27-23-28-38(42)43-11)45-48(14,15)40(5,6)7/h21-22,24-25,29-32,35-37H,18-20,23,26-28H2,1-17H3/t35-,36+,37-/m1/s1. The molecule has 282 valence electrons. The minimum Gasteiger partial charge on any atom is -0.469 e. The molecule has 0 unspecified atom stereocenters. The number of hydrogen-bond donors (Lipinski definition) is 0. The fraction of sp³-hybridized carbons (Fsp3) is 0.732. The van der Waals surface area contributed by atoms with Gasteiger partial charge in [-0.2, -0.15) is 0 Å². The van der Waals surface area contributed by atoms with Crippen LogP contribution >= 0.6 is 0 Å². The second-order valence-corrected chi connectivity index (χ2v) is 32.8. The maximum absolute atomic E-state index is 12.1. The molecule has 0 heterocycles. The lowest BCUT2D eigenvalue weighted by Crippen LogP contribution is -2.51. The van der Waals surface area contributed by atoms with Crippen molar-refractivity contribution in [3.05, 3.63) is 47.5 Å². The number of benzene rings is 1. The van der Waals surface area contributed by atoms with Crippen LogP contribution in [0.25, 0.3) is 12.2 Å². The van der Waals surface area contributed by atoms with E-state index in [0.29, 0.717) is 12.8 Å². The third-order valence-electron chi connectivity index (χ3n) is 11.2. The first-order valence-corrected chi connectivity index (χ1v) is 27.6. The highest BCUT2D eigenvalue weighted by Gasteiger charge is 2.44. The minimum absolute atomic E-state index is 0.0320. The van der Waals surface area contributed by atoms with Crippen molar-refractivity contribution in [1.29, 1.82) is 0 Å². The second-order valence-electron chi connectivity index (χ2n) is 18.5. The topological polar surface area (TPSA) is 54.0 Å². The Labute approximate surface area is 306 Å². The Morgan fingerprint density at radius 3 is 1.61 bits per heavy atom. The first-order chi connectivity index (χ1) is 22.3. The number of rotatable bonds is 19. The number of unbranched alkanes of at least 4 members (excludes halogenated alkanes) is 2. The van der Waals surface area contributed by atoms with Gasteiger partial charge in [-0.15, -0.1) is 0 Å².